The number of carbonyl (C=O) groups excluding carboxylic acids is 1. The van der Waals surface area contributed by atoms with Gasteiger partial charge in [-0.2, -0.15) is 5.26 Å². The smallest absolute Gasteiger partial charge is 0.235 e. The van der Waals surface area contributed by atoms with E-state index >= 15 is 0 Å². The van der Waals surface area contributed by atoms with Crippen LogP contribution in [0.4, 0.5) is 5.82 Å². The predicted molar refractivity (Wildman–Crippen MR) is 122 cm³/mol. The summed E-state index contributed by atoms with van der Waals surface area (Å²) in [5.41, 5.74) is 4.24. The van der Waals surface area contributed by atoms with Gasteiger partial charge in [-0.15, -0.1) is 10.2 Å². The highest BCUT2D eigenvalue weighted by Gasteiger charge is 2.21. The Hall–Kier alpha value is -3.77. The molecule has 4 aromatic rings. The van der Waals surface area contributed by atoms with E-state index in [4.69, 9.17) is 4.42 Å². The van der Waals surface area contributed by atoms with Crippen molar-refractivity contribution in [2.24, 2.45) is 0 Å². The number of rotatable bonds is 7. The molecule has 0 aliphatic carbocycles. The van der Waals surface area contributed by atoms with Crippen molar-refractivity contribution in [1.82, 2.24) is 19.3 Å². The molecule has 8 nitrogen and oxygen atoms in total. The lowest BCUT2D eigenvalue weighted by Gasteiger charge is -2.12. The van der Waals surface area contributed by atoms with E-state index in [1.165, 1.54) is 11.8 Å². The lowest BCUT2D eigenvalue weighted by molar-refractivity contribution is -0.113. The third kappa shape index (κ3) is 4.18. The normalized spacial score (nSPS) is 10.8. The Labute approximate surface area is 189 Å². The first-order chi connectivity index (χ1) is 15.5. The fraction of sp³-hybridized carbons (Fsp3) is 0.217. The number of carbonyl (C=O) groups is 1. The number of furan rings is 1. The van der Waals surface area contributed by atoms with E-state index in [9.17, 15) is 10.1 Å². The SMILES string of the molecule is Cc1ccccc1-n1cnnc1SCC(=O)Nc1c(C#N)c(C)c(C)n1Cc1ccco1. The minimum absolute atomic E-state index is 0.124. The van der Waals surface area contributed by atoms with Gasteiger partial charge in [0.1, 0.15) is 24.0 Å². The average Bonchev–Trinajstić information content (AvgIpc) is 3.51. The molecule has 1 aromatic carbocycles. The second kappa shape index (κ2) is 9.16. The zero-order valence-electron chi connectivity index (χ0n) is 18.0. The molecule has 0 atom stereocenters. The summed E-state index contributed by atoms with van der Waals surface area (Å²) in [6, 6.07) is 13.8. The Balaban J connectivity index is 1.52. The monoisotopic (exact) mass is 446 g/mol. The Kier molecular flexibility index (Phi) is 6.14. The van der Waals surface area contributed by atoms with Crippen LogP contribution in [0.3, 0.4) is 0 Å². The average molecular weight is 447 g/mol. The molecule has 0 unspecified atom stereocenters. The van der Waals surface area contributed by atoms with Crippen molar-refractivity contribution in [1.29, 1.82) is 5.26 Å². The van der Waals surface area contributed by atoms with E-state index in [-0.39, 0.29) is 11.7 Å². The molecule has 32 heavy (non-hydrogen) atoms. The van der Waals surface area contributed by atoms with Crippen LogP contribution in [0.15, 0.2) is 58.6 Å². The number of nitrogens with one attached hydrogen (secondary N) is 1. The molecule has 162 valence electrons. The highest BCUT2D eigenvalue weighted by atomic mass is 32.2. The van der Waals surface area contributed by atoms with Gasteiger partial charge in [-0.1, -0.05) is 30.0 Å². The maximum atomic E-state index is 12.8. The number of benzene rings is 1. The molecule has 0 saturated heterocycles. The highest BCUT2D eigenvalue weighted by Crippen LogP contribution is 2.28. The molecule has 0 aliphatic rings. The number of nitriles is 1. The summed E-state index contributed by atoms with van der Waals surface area (Å²) in [5, 5.41) is 21.4. The third-order valence-corrected chi connectivity index (χ3v) is 6.26. The number of para-hydroxylation sites is 1. The van der Waals surface area contributed by atoms with Gasteiger partial charge in [-0.3, -0.25) is 9.36 Å². The van der Waals surface area contributed by atoms with Gasteiger partial charge >= 0.3 is 0 Å². The molecule has 9 heteroatoms. The Morgan fingerprint density at radius 2 is 2.03 bits per heavy atom. The van der Waals surface area contributed by atoms with E-state index in [0.717, 1.165) is 28.3 Å². The summed E-state index contributed by atoms with van der Waals surface area (Å²) in [6.07, 6.45) is 3.24. The molecule has 3 heterocycles. The Morgan fingerprint density at radius 3 is 2.75 bits per heavy atom. The van der Waals surface area contributed by atoms with Crippen molar-refractivity contribution in [2.45, 2.75) is 32.5 Å². The fourth-order valence-electron chi connectivity index (χ4n) is 3.51. The topological polar surface area (TPSA) is 102 Å². The van der Waals surface area contributed by atoms with E-state index in [0.29, 0.717) is 23.1 Å². The fourth-order valence-corrected chi connectivity index (χ4v) is 4.23. The second-order valence-corrected chi connectivity index (χ2v) is 8.26. The van der Waals surface area contributed by atoms with E-state index in [1.807, 2.05) is 66.3 Å². The summed E-state index contributed by atoms with van der Waals surface area (Å²) in [7, 11) is 0. The van der Waals surface area contributed by atoms with Crippen molar-refractivity contribution < 1.29 is 9.21 Å². The van der Waals surface area contributed by atoms with Crippen LogP contribution in [0.1, 0.15) is 28.1 Å². The summed E-state index contributed by atoms with van der Waals surface area (Å²) in [6.45, 7) is 6.24. The number of anilines is 1. The molecule has 0 aliphatic heterocycles. The number of aromatic nitrogens is 4. The Morgan fingerprint density at radius 1 is 1.22 bits per heavy atom. The molecule has 4 rings (SSSR count). The quantitative estimate of drug-likeness (QED) is 0.426. The number of thioether (sulfide) groups is 1. The maximum absolute atomic E-state index is 12.8. The molecule has 0 radical (unpaired) electrons. The standard InChI is InChI=1S/C23H22N6O2S/c1-15-7-4-5-9-20(15)29-14-25-27-23(29)32-13-21(30)26-22-19(11-24)16(2)17(3)28(22)12-18-8-6-10-31-18/h4-10,14H,12-13H2,1-3H3,(H,26,30). The van der Waals surface area contributed by atoms with E-state index in [2.05, 4.69) is 21.6 Å². The van der Waals surface area contributed by atoms with Crippen molar-refractivity contribution in [2.75, 3.05) is 11.1 Å². The molecule has 3 aromatic heterocycles. The number of amides is 1. The number of aryl methyl sites for hydroxylation is 1. The van der Waals surface area contributed by atoms with E-state index < -0.39 is 0 Å². The van der Waals surface area contributed by atoms with Crippen LogP contribution >= 0.6 is 11.8 Å². The number of nitrogens with zero attached hydrogens (tertiary/aromatic N) is 5. The third-order valence-electron chi connectivity index (χ3n) is 5.32. The number of hydrogen-bond acceptors (Lipinski definition) is 6. The van der Waals surface area contributed by atoms with Crippen molar-refractivity contribution >= 4 is 23.5 Å². The van der Waals surface area contributed by atoms with Gasteiger partial charge in [0.15, 0.2) is 5.16 Å². The van der Waals surface area contributed by atoms with Crippen molar-refractivity contribution in [3.63, 3.8) is 0 Å². The van der Waals surface area contributed by atoms with Crippen LogP contribution in [0.2, 0.25) is 0 Å². The molecular weight excluding hydrogens is 424 g/mol. The lowest BCUT2D eigenvalue weighted by Crippen LogP contribution is -2.18. The van der Waals surface area contributed by atoms with Crippen LogP contribution in [0, 0.1) is 32.1 Å². The second-order valence-electron chi connectivity index (χ2n) is 7.32. The Bertz CT molecular complexity index is 1300. The van der Waals surface area contributed by atoms with Gasteiger partial charge < -0.3 is 14.3 Å². The minimum Gasteiger partial charge on any atom is -0.467 e. The van der Waals surface area contributed by atoms with Gasteiger partial charge in [0.25, 0.3) is 0 Å². The van der Waals surface area contributed by atoms with Crippen LogP contribution in [-0.2, 0) is 11.3 Å². The maximum Gasteiger partial charge on any atom is 0.235 e. The van der Waals surface area contributed by atoms with Gasteiger partial charge in [0, 0.05) is 5.69 Å². The first-order valence-corrected chi connectivity index (χ1v) is 11.0. The van der Waals surface area contributed by atoms with Gasteiger partial charge in [-0.05, 0) is 50.1 Å². The largest absolute Gasteiger partial charge is 0.467 e. The first-order valence-electron chi connectivity index (χ1n) is 10.0. The molecule has 0 fully saturated rings. The minimum atomic E-state index is -0.232. The summed E-state index contributed by atoms with van der Waals surface area (Å²) in [5.74, 6) is 1.11. The molecule has 0 saturated carbocycles. The van der Waals surface area contributed by atoms with Crippen LogP contribution in [-0.4, -0.2) is 31.0 Å². The zero-order valence-corrected chi connectivity index (χ0v) is 18.8. The van der Waals surface area contributed by atoms with Gasteiger partial charge in [-0.25, -0.2) is 0 Å². The van der Waals surface area contributed by atoms with Crippen molar-refractivity contribution in [3.05, 3.63) is 77.1 Å². The first kappa shape index (κ1) is 21.5. The highest BCUT2D eigenvalue weighted by molar-refractivity contribution is 7.99. The molecular formula is C23H22N6O2S. The molecule has 1 amide bonds. The zero-order chi connectivity index (χ0) is 22.7. The predicted octanol–water partition coefficient (Wildman–Crippen LogP) is 4.24. The van der Waals surface area contributed by atoms with Crippen LogP contribution < -0.4 is 5.32 Å². The summed E-state index contributed by atoms with van der Waals surface area (Å²) < 4.78 is 9.21. The molecule has 0 spiro atoms. The summed E-state index contributed by atoms with van der Waals surface area (Å²) in [4.78, 5) is 12.8. The van der Waals surface area contributed by atoms with Gasteiger partial charge in [0.05, 0.1) is 29.8 Å². The molecule has 1 N–H and O–H groups in total. The van der Waals surface area contributed by atoms with E-state index in [1.54, 1.807) is 12.6 Å². The van der Waals surface area contributed by atoms with Crippen LogP contribution in [0.5, 0.6) is 0 Å². The van der Waals surface area contributed by atoms with Gasteiger partial charge in [0.2, 0.25) is 5.91 Å². The van der Waals surface area contributed by atoms with Crippen LogP contribution in [0.25, 0.3) is 5.69 Å². The lowest BCUT2D eigenvalue weighted by atomic mass is 10.2. The van der Waals surface area contributed by atoms with Crippen molar-refractivity contribution in [3.8, 4) is 11.8 Å². The molecule has 0 bridgehead atoms. The number of hydrogen-bond donors (Lipinski definition) is 1. The summed E-state index contributed by atoms with van der Waals surface area (Å²) >= 11 is 1.29.